The molecule has 0 bridgehead atoms. The van der Waals surface area contributed by atoms with Gasteiger partial charge in [0.2, 0.25) is 0 Å². The Kier molecular flexibility index (Phi) is 5.94. The van der Waals surface area contributed by atoms with Crippen LogP contribution in [0.3, 0.4) is 0 Å². The molecule has 2 aromatic heterocycles. The number of nitriles is 1. The molecule has 0 aliphatic rings. The summed E-state index contributed by atoms with van der Waals surface area (Å²) >= 11 is 0. The number of imidazole rings is 1. The fourth-order valence-electron chi connectivity index (χ4n) is 5.23. The predicted molar refractivity (Wildman–Crippen MR) is 178 cm³/mol. The molecule has 2 heterocycles. The van der Waals surface area contributed by atoms with Gasteiger partial charge in [0.25, 0.3) is 0 Å². The number of para-hydroxylation sites is 2. The molecule has 0 atom stereocenters. The largest absolute Gasteiger partial charge is 0.507 e. The van der Waals surface area contributed by atoms with Crippen LogP contribution in [0.5, 0.6) is 5.75 Å². The van der Waals surface area contributed by atoms with Crippen LogP contribution in [0.15, 0.2) is 97.2 Å². The van der Waals surface area contributed by atoms with E-state index in [4.69, 9.17) is 17.3 Å². The van der Waals surface area contributed by atoms with Crippen LogP contribution in [0.4, 0.5) is 0 Å². The van der Waals surface area contributed by atoms with Gasteiger partial charge in [-0.2, -0.15) is 5.26 Å². The van der Waals surface area contributed by atoms with Gasteiger partial charge in [-0.1, -0.05) is 94.9 Å². The van der Waals surface area contributed by atoms with Crippen molar-refractivity contribution in [3.05, 3.63) is 120 Å². The molecule has 0 saturated heterocycles. The third-order valence-corrected chi connectivity index (χ3v) is 7.56. The first-order valence-corrected chi connectivity index (χ1v) is 14.0. The van der Waals surface area contributed by atoms with Crippen molar-refractivity contribution in [1.82, 2.24) is 14.5 Å². The van der Waals surface area contributed by atoms with E-state index in [2.05, 4.69) is 31.8 Å². The first-order valence-electron chi connectivity index (χ1n) is 18.5. The number of hydrogen-bond donors (Lipinski definition) is 1. The molecular formula is C39H35N4OPt-. The van der Waals surface area contributed by atoms with Crippen LogP contribution in [0.25, 0.3) is 50.5 Å². The van der Waals surface area contributed by atoms with Gasteiger partial charge >= 0.3 is 0 Å². The smallest absolute Gasteiger partial charge is 0.148 e. The van der Waals surface area contributed by atoms with Gasteiger partial charge in [-0.3, -0.25) is 9.55 Å². The van der Waals surface area contributed by atoms with E-state index in [1.807, 2.05) is 59.2 Å². The second kappa shape index (κ2) is 12.1. The molecule has 4 aromatic carbocycles. The second-order valence-electron chi connectivity index (χ2n) is 11.7. The first-order chi connectivity index (χ1) is 24.7. The van der Waals surface area contributed by atoms with Gasteiger partial charge in [-0.25, -0.2) is 4.98 Å². The maximum absolute atomic E-state index is 11.2. The normalized spacial score (nSPS) is 15.5. The Labute approximate surface area is 292 Å². The van der Waals surface area contributed by atoms with Gasteiger partial charge in [-0.15, -0.1) is 29.3 Å². The molecule has 6 rings (SSSR count). The minimum atomic E-state index is -3.54. The zero-order valence-corrected chi connectivity index (χ0v) is 27.1. The summed E-state index contributed by atoms with van der Waals surface area (Å²) in [5, 5.41) is 20.9. The number of nitrogens with zero attached hydrogens (tertiary/aromatic N) is 4. The number of pyridine rings is 1. The van der Waals surface area contributed by atoms with Crippen LogP contribution >= 0.6 is 0 Å². The molecule has 0 saturated carbocycles. The average molecular weight is 780 g/mol. The van der Waals surface area contributed by atoms with Crippen LogP contribution < -0.4 is 0 Å². The second-order valence-corrected chi connectivity index (χ2v) is 11.7. The van der Waals surface area contributed by atoms with Crippen molar-refractivity contribution in [2.75, 3.05) is 0 Å². The fraction of sp³-hybridized carbons (Fsp3) is 0.205. The standard InChI is InChI=1S/C39H35N4O.Pt/c1-38(2,3)28-15-16-35(44)32(23-28)37-42-36-31(13-10-14-34(36)43(37)30-11-8-7-9-12-30)26-20-27(22-29(21-26)39(4,5)6)33-19-25(24-40)17-18-41-33;/h7-19,21-23,44H,1-6H3;/q-1;/i4D3,5D3,6D3;. The number of phenols is 1. The molecule has 6 aromatic rings. The number of phenolic OH excluding ortho intramolecular Hbond substituents is 1. The SMILES string of the molecule is [2H]C([2H])([2H])C(c1cc(-c2cc(C#N)ccn2)[c-]c(-c2cccc3c2nc(-c2cc(C(C)(C)C)ccc2O)n3-c2ccccc2)c1)(C([2H])([2H])[2H])C([2H])([2H])[2H].[Pt]. The number of aromatic hydroxyl groups is 1. The minimum Gasteiger partial charge on any atom is -0.507 e. The van der Waals surface area contributed by atoms with Gasteiger partial charge in [0.15, 0.2) is 0 Å². The van der Waals surface area contributed by atoms with E-state index < -0.39 is 31.5 Å². The maximum Gasteiger partial charge on any atom is 0.148 e. The van der Waals surface area contributed by atoms with Crippen molar-refractivity contribution in [3.63, 3.8) is 0 Å². The van der Waals surface area contributed by atoms with E-state index in [9.17, 15) is 10.4 Å². The number of fused-ring (bicyclic) bond motifs is 1. The van der Waals surface area contributed by atoms with Crippen molar-refractivity contribution >= 4 is 11.0 Å². The third-order valence-electron chi connectivity index (χ3n) is 7.56. The van der Waals surface area contributed by atoms with Crippen molar-refractivity contribution in [1.29, 1.82) is 5.26 Å². The summed E-state index contributed by atoms with van der Waals surface area (Å²) in [4.78, 5) is 9.43. The van der Waals surface area contributed by atoms with E-state index in [1.165, 1.54) is 30.5 Å². The summed E-state index contributed by atoms with van der Waals surface area (Å²) in [6, 6.07) is 30.5. The van der Waals surface area contributed by atoms with Crippen LogP contribution in [0, 0.1) is 17.4 Å². The Balaban J connectivity index is 0.00000561. The fourth-order valence-corrected chi connectivity index (χ4v) is 5.23. The van der Waals surface area contributed by atoms with Gasteiger partial charge in [0.05, 0.1) is 22.7 Å². The Morgan fingerprint density at radius 2 is 1.58 bits per heavy atom. The van der Waals surface area contributed by atoms with Crippen LogP contribution in [0.2, 0.25) is 0 Å². The molecule has 0 unspecified atom stereocenters. The average Bonchev–Trinajstić information content (AvgIpc) is 3.46. The third kappa shape index (κ3) is 6.21. The quantitative estimate of drug-likeness (QED) is 0.181. The number of aromatic nitrogens is 3. The topological polar surface area (TPSA) is 74.7 Å². The van der Waals surface area contributed by atoms with Crippen molar-refractivity contribution in [2.45, 2.75) is 52.2 Å². The molecule has 228 valence electrons. The van der Waals surface area contributed by atoms with Crippen molar-refractivity contribution in [2.24, 2.45) is 0 Å². The summed E-state index contributed by atoms with van der Waals surface area (Å²) in [5.74, 6) is 0.382. The minimum absolute atomic E-state index is 0. The maximum atomic E-state index is 11.2. The van der Waals surface area contributed by atoms with E-state index in [0.717, 1.165) is 11.3 Å². The molecular weight excluding hydrogens is 736 g/mol. The van der Waals surface area contributed by atoms with E-state index in [0.29, 0.717) is 28.0 Å². The molecule has 1 N–H and O–H groups in total. The Morgan fingerprint density at radius 1 is 0.822 bits per heavy atom. The van der Waals surface area contributed by atoms with Gasteiger partial charge < -0.3 is 5.11 Å². The predicted octanol–water partition coefficient (Wildman–Crippen LogP) is 9.39. The summed E-state index contributed by atoms with van der Waals surface area (Å²) in [7, 11) is 0. The summed E-state index contributed by atoms with van der Waals surface area (Å²) < 4.78 is 77.8. The Bertz CT molecular complexity index is 2350. The summed E-state index contributed by atoms with van der Waals surface area (Å²) in [5.41, 5.74) is -0.0420. The molecule has 0 aliphatic carbocycles. The zero-order chi connectivity index (χ0) is 38.7. The van der Waals surface area contributed by atoms with Gasteiger partial charge in [0.1, 0.15) is 11.6 Å². The molecule has 45 heavy (non-hydrogen) atoms. The van der Waals surface area contributed by atoms with Gasteiger partial charge in [0, 0.05) is 56.5 Å². The first kappa shape index (κ1) is 22.1. The molecule has 0 spiro atoms. The van der Waals surface area contributed by atoms with E-state index in [1.54, 1.807) is 18.2 Å². The molecule has 0 aliphatic heterocycles. The van der Waals surface area contributed by atoms with Crippen LogP contribution in [0.1, 0.15) is 70.4 Å². The molecule has 5 nitrogen and oxygen atoms in total. The Morgan fingerprint density at radius 3 is 2.29 bits per heavy atom. The van der Waals surface area contributed by atoms with Crippen molar-refractivity contribution < 1.29 is 38.5 Å². The molecule has 0 fully saturated rings. The monoisotopic (exact) mass is 779 g/mol. The number of benzene rings is 4. The van der Waals surface area contributed by atoms with E-state index in [-0.39, 0.29) is 54.6 Å². The van der Waals surface area contributed by atoms with Crippen LogP contribution in [-0.4, -0.2) is 19.6 Å². The summed E-state index contributed by atoms with van der Waals surface area (Å²) in [6.07, 6.45) is 1.37. The van der Waals surface area contributed by atoms with Crippen molar-refractivity contribution in [3.8, 4) is 51.3 Å². The molecule has 0 amide bonds. The zero-order valence-electron chi connectivity index (χ0n) is 33.8. The molecule has 6 heteroatoms. The number of hydrogen-bond acceptors (Lipinski definition) is 4. The van der Waals surface area contributed by atoms with E-state index >= 15 is 0 Å². The Hall–Kier alpha value is -4.52. The van der Waals surface area contributed by atoms with Gasteiger partial charge in [-0.05, 0) is 52.8 Å². The molecule has 0 radical (unpaired) electrons. The van der Waals surface area contributed by atoms with Crippen LogP contribution in [-0.2, 0) is 31.9 Å². The summed E-state index contributed by atoms with van der Waals surface area (Å²) in [6.45, 7) is -4.44. The number of rotatable bonds is 4.